The Labute approximate surface area is 114 Å². The first-order valence-electron chi connectivity index (χ1n) is 5.21. The van der Waals surface area contributed by atoms with Crippen molar-refractivity contribution in [3.8, 4) is 0 Å². The molecule has 0 fully saturated rings. The third kappa shape index (κ3) is 2.92. The van der Waals surface area contributed by atoms with Crippen molar-refractivity contribution in [2.75, 3.05) is 11.9 Å². The van der Waals surface area contributed by atoms with Gasteiger partial charge in [-0.2, -0.15) is 0 Å². The van der Waals surface area contributed by atoms with Gasteiger partial charge < -0.3 is 10.6 Å². The van der Waals surface area contributed by atoms with Crippen molar-refractivity contribution >= 4 is 34.2 Å². The van der Waals surface area contributed by atoms with Crippen LogP contribution >= 0.6 is 22.6 Å². The number of hydrogen-bond acceptors (Lipinski definition) is 4. The molecule has 0 saturated carbocycles. The van der Waals surface area contributed by atoms with Crippen LogP contribution in [0.25, 0.3) is 0 Å². The summed E-state index contributed by atoms with van der Waals surface area (Å²) in [5.74, 6) is 0.680. The summed E-state index contributed by atoms with van der Waals surface area (Å²) in [6, 6.07) is 8.05. The fraction of sp³-hybridized carbons (Fsp3) is 0.167. The zero-order valence-electron chi connectivity index (χ0n) is 9.47. The van der Waals surface area contributed by atoms with E-state index in [9.17, 15) is 0 Å². The molecule has 17 heavy (non-hydrogen) atoms. The van der Waals surface area contributed by atoms with E-state index in [1.165, 1.54) is 0 Å². The Kier molecular flexibility index (Phi) is 3.90. The summed E-state index contributed by atoms with van der Waals surface area (Å²) in [6.07, 6.45) is 3.60. The van der Waals surface area contributed by atoms with Crippen LogP contribution in [0.4, 0.5) is 11.6 Å². The van der Waals surface area contributed by atoms with E-state index in [0.29, 0.717) is 12.5 Å². The first-order chi connectivity index (χ1) is 8.20. The molecule has 0 bridgehead atoms. The smallest absolute Gasteiger partial charge is 0.229 e. The van der Waals surface area contributed by atoms with Gasteiger partial charge in [-0.1, -0.05) is 12.1 Å². The predicted octanol–water partition coefficient (Wildman–Crippen LogP) is 2.31. The minimum atomic E-state index is 0.537. The van der Waals surface area contributed by atoms with Crippen molar-refractivity contribution in [2.45, 2.75) is 6.54 Å². The van der Waals surface area contributed by atoms with Crippen LogP contribution in [0.2, 0.25) is 0 Å². The highest BCUT2D eigenvalue weighted by atomic mass is 127. The number of rotatable bonds is 3. The maximum Gasteiger partial charge on any atom is 0.229 e. The van der Waals surface area contributed by atoms with Gasteiger partial charge in [0, 0.05) is 35.2 Å². The van der Waals surface area contributed by atoms with E-state index in [0.717, 1.165) is 14.8 Å². The molecule has 0 saturated heterocycles. The molecule has 1 aromatic carbocycles. The number of halogens is 1. The van der Waals surface area contributed by atoms with E-state index in [4.69, 9.17) is 5.73 Å². The van der Waals surface area contributed by atoms with Crippen LogP contribution in [0, 0.1) is 3.57 Å². The minimum absolute atomic E-state index is 0.537. The van der Waals surface area contributed by atoms with E-state index in [1.54, 1.807) is 12.4 Å². The molecule has 5 heteroatoms. The molecule has 0 atom stereocenters. The van der Waals surface area contributed by atoms with Gasteiger partial charge in [-0.25, -0.2) is 9.97 Å². The zero-order valence-corrected chi connectivity index (χ0v) is 11.6. The standard InChI is InChI=1S/C12H13IN4/c1-17(12-15-7-10(13)8-16-12)11-4-2-3-9(5-11)6-14/h2-5,7-8H,6,14H2,1H3. The van der Waals surface area contributed by atoms with Crippen molar-refractivity contribution in [3.05, 3.63) is 45.8 Å². The minimum Gasteiger partial charge on any atom is -0.326 e. The van der Waals surface area contributed by atoms with Crippen LogP contribution in [0.15, 0.2) is 36.7 Å². The maximum absolute atomic E-state index is 5.63. The molecule has 4 nitrogen and oxygen atoms in total. The summed E-state index contributed by atoms with van der Waals surface area (Å²) in [6.45, 7) is 0.537. The molecule has 0 radical (unpaired) electrons. The summed E-state index contributed by atoms with van der Waals surface area (Å²) in [5, 5.41) is 0. The van der Waals surface area contributed by atoms with E-state index < -0.39 is 0 Å². The highest BCUT2D eigenvalue weighted by Gasteiger charge is 2.06. The fourth-order valence-corrected chi connectivity index (χ4v) is 1.76. The molecule has 0 aliphatic rings. The third-order valence-corrected chi connectivity index (χ3v) is 3.00. The van der Waals surface area contributed by atoms with Gasteiger partial charge in [0.05, 0.1) is 0 Å². The zero-order chi connectivity index (χ0) is 12.3. The number of nitrogens with zero attached hydrogens (tertiary/aromatic N) is 3. The first kappa shape index (κ1) is 12.3. The Hall–Kier alpha value is -1.21. The first-order valence-corrected chi connectivity index (χ1v) is 6.29. The lowest BCUT2D eigenvalue weighted by Gasteiger charge is -2.17. The largest absolute Gasteiger partial charge is 0.326 e. The Morgan fingerprint density at radius 3 is 2.65 bits per heavy atom. The van der Waals surface area contributed by atoms with Crippen LogP contribution in [0.5, 0.6) is 0 Å². The summed E-state index contributed by atoms with van der Waals surface area (Å²) < 4.78 is 1.02. The molecule has 2 rings (SSSR count). The second kappa shape index (κ2) is 5.42. The number of benzene rings is 1. The quantitative estimate of drug-likeness (QED) is 0.872. The van der Waals surface area contributed by atoms with Crippen LogP contribution < -0.4 is 10.6 Å². The average Bonchev–Trinajstić information content (AvgIpc) is 2.39. The highest BCUT2D eigenvalue weighted by molar-refractivity contribution is 14.1. The van der Waals surface area contributed by atoms with Crippen molar-refractivity contribution in [1.29, 1.82) is 0 Å². The molecule has 0 aliphatic carbocycles. The molecule has 0 spiro atoms. The van der Waals surface area contributed by atoms with E-state index in [2.05, 4.69) is 32.6 Å². The van der Waals surface area contributed by atoms with Crippen molar-refractivity contribution in [2.24, 2.45) is 5.73 Å². The van der Waals surface area contributed by atoms with Crippen LogP contribution in [0.3, 0.4) is 0 Å². The van der Waals surface area contributed by atoms with E-state index in [-0.39, 0.29) is 0 Å². The number of anilines is 2. The monoisotopic (exact) mass is 340 g/mol. The normalized spacial score (nSPS) is 10.3. The van der Waals surface area contributed by atoms with Gasteiger partial charge in [0.15, 0.2) is 0 Å². The molecular formula is C12H13IN4. The van der Waals surface area contributed by atoms with Gasteiger partial charge in [0.25, 0.3) is 0 Å². The second-order valence-corrected chi connectivity index (χ2v) is 4.88. The van der Waals surface area contributed by atoms with Crippen molar-refractivity contribution in [3.63, 3.8) is 0 Å². The van der Waals surface area contributed by atoms with E-state index >= 15 is 0 Å². The lowest BCUT2D eigenvalue weighted by atomic mass is 10.2. The number of nitrogens with two attached hydrogens (primary N) is 1. The van der Waals surface area contributed by atoms with Gasteiger partial charge >= 0.3 is 0 Å². The Morgan fingerprint density at radius 1 is 1.29 bits per heavy atom. The Balaban J connectivity index is 2.29. The summed E-state index contributed by atoms with van der Waals surface area (Å²) in [5.41, 5.74) is 7.76. The third-order valence-electron chi connectivity index (χ3n) is 2.44. The topological polar surface area (TPSA) is 55.0 Å². The molecular weight excluding hydrogens is 327 g/mol. The molecule has 0 aliphatic heterocycles. The number of hydrogen-bond donors (Lipinski definition) is 1. The van der Waals surface area contributed by atoms with E-state index in [1.807, 2.05) is 36.2 Å². The molecule has 1 heterocycles. The second-order valence-electron chi connectivity index (χ2n) is 3.63. The lowest BCUT2D eigenvalue weighted by Crippen LogP contribution is -2.13. The Morgan fingerprint density at radius 2 is 2.00 bits per heavy atom. The van der Waals surface area contributed by atoms with Gasteiger partial charge in [-0.15, -0.1) is 0 Å². The van der Waals surface area contributed by atoms with Crippen LogP contribution in [0.1, 0.15) is 5.56 Å². The molecule has 0 amide bonds. The van der Waals surface area contributed by atoms with Gasteiger partial charge in [0.2, 0.25) is 5.95 Å². The molecule has 88 valence electrons. The van der Waals surface area contributed by atoms with Crippen molar-refractivity contribution in [1.82, 2.24) is 9.97 Å². The molecule has 2 aromatic rings. The number of aromatic nitrogens is 2. The maximum atomic E-state index is 5.63. The highest BCUT2D eigenvalue weighted by Crippen LogP contribution is 2.20. The molecule has 0 unspecified atom stereocenters. The van der Waals surface area contributed by atoms with Gasteiger partial charge in [0.1, 0.15) is 0 Å². The predicted molar refractivity (Wildman–Crippen MR) is 77.1 cm³/mol. The summed E-state index contributed by atoms with van der Waals surface area (Å²) in [4.78, 5) is 10.5. The molecule has 1 aromatic heterocycles. The summed E-state index contributed by atoms with van der Waals surface area (Å²) in [7, 11) is 1.94. The summed E-state index contributed by atoms with van der Waals surface area (Å²) >= 11 is 2.19. The van der Waals surface area contributed by atoms with Crippen molar-refractivity contribution < 1.29 is 0 Å². The van der Waals surface area contributed by atoms with Crippen LogP contribution in [-0.2, 0) is 6.54 Å². The average molecular weight is 340 g/mol. The Bertz CT molecular complexity index is 498. The molecule has 2 N–H and O–H groups in total. The van der Waals surface area contributed by atoms with Crippen LogP contribution in [-0.4, -0.2) is 17.0 Å². The lowest BCUT2D eigenvalue weighted by molar-refractivity contribution is 1.02. The SMILES string of the molecule is CN(c1cccc(CN)c1)c1ncc(I)cn1. The van der Waals surface area contributed by atoms with Gasteiger partial charge in [-0.3, -0.25) is 0 Å². The van der Waals surface area contributed by atoms with Gasteiger partial charge in [-0.05, 0) is 40.3 Å². The fourth-order valence-electron chi connectivity index (χ4n) is 1.49.